The van der Waals surface area contributed by atoms with Crippen molar-refractivity contribution in [3.8, 4) is 11.1 Å². The summed E-state index contributed by atoms with van der Waals surface area (Å²) in [7, 11) is 0. The molecule has 0 aliphatic heterocycles. The lowest BCUT2D eigenvalue weighted by atomic mass is 9.85. The van der Waals surface area contributed by atoms with Crippen LogP contribution in [0, 0.1) is 12.8 Å². The van der Waals surface area contributed by atoms with Crippen LogP contribution in [0.4, 0.5) is 11.5 Å². The summed E-state index contributed by atoms with van der Waals surface area (Å²) in [5, 5.41) is 16.1. The summed E-state index contributed by atoms with van der Waals surface area (Å²) in [4.78, 5) is 33.2. The fourth-order valence-corrected chi connectivity index (χ4v) is 4.34. The van der Waals surface area contributed by atoms with Crippen molar-refractivity contribution in [3.05, 3.63) is 60.1 Å². The van der Waals surface area contributed by atoms with Gasteiger partial charge < -0.3 is 21.5 Å². The number of carbonyl (C=O) groups is 2. The normalized spacial score (nSPS) is 15.7. The van der Waals surface area contributed by atoms with Crippen molar-refractivity contribution >= 4 is 34.1 Å². The fraction of sp³-hybridized carbons (Fsp3) is 0.308. The number of fused-ring (bicyclic) bond motifs is 1. The zero-order valence-electron chi connectivity index (χ0n) is 19.2. The number of anilines is 2. The number of carbonyl (C=O) groups excluding carboxylic acids is 2. The van der Waals surface area contributed by atoms with Gasteiger partial charge in [-0.15, -0.1) is 0 Å². The monoisotopic (exact) mass is 459 g/mol. The molecule has 4 rings (SSSR count). The minimum atomic E-state index is -0.239. The van der Waals surface area contributed by atoms with Crippen LogP contribution in [0.25, 0.3) is 21.9 Å². The van der Waals surface area contributed by atoms with Crippen molar-refractivity contribution in [1.29, 1.82) is 0 Å². The second-order valence-electron chi connectivity index (χ2n) is 8.63. The summed E-state index contributed by atoms with van der Waals surface area (Å²) < 4.78 is 0. The largest absolute Gasteiger partial charge is 0.398 e. The Morgan fingerprint density at radius 2 is 2.00 bits per heavy atom. The van der Waals surface area contributed by atoms with Crippen molar-refractivity contribution in [3.63, 3.8) is 0 Å². The standard InChI is InChI=1S/C26H29N5O3/c1-16-6-7-28-14-21(16)19-11-20-13-24(30-15-22(20)23(27)12-19)31-25(33)10-17-2-4-18(5-3-17)26(34)29-8-9-32/h6-7,10-15,18,32H,2-5,8-9,27H2,1H3,(H,29,34)(H,30,31,33). The number of hydrogen-bond acceptors (Lipinski definition) is 6. The number of aliphatic hydroxyl groups excluding tert-OH is 1. The Kier molecular flexibility index (Phi) is 7.18. The van der Waals surface area contributed by atoms with E-state index in [1.165, 1.54) is 0 Å². The number of nitrogens with two attached hydrogens (primary N) is 1. The summed E-state index contributed by atoms with van der Waals surface area (Å²) in [5.74, 6) is 0.109. The van der Waals surface area contributed by atoms with Crippen LogP contribution >= 0.6 is 0 Å². The van der Waals surface area contributed by atoms with E-state index in [1.807, 2.05) is 37.4 Å². The molecular weight excluding hydrogens is 430 g/mol. The number of aromatic nitrogens is 2. The minimum Gasteiger partial charge on any atom is -0.398 e. The highest BCUT2D eigenvalue weighted by molar-refractivity contribution is 6.02. The minimum absolute atomic E-state index is 0.0296. The topological polar surface area (TPSA) is 130 Å². The molecule has 5 N–H and O–H groups in total. The van der Waals surface area contributed by atoms with E-state index < -0.39 is 0 Å². The number of hydrogen-bond donors (Lipinski definition) is 4. The fourth-order valence-electron chi connectivity index (χ4n) is 4.34. The first-order valence-electron chi connectivity index (χ1n) is 11.4. The average molecular weight is 460 g/mol. The van der Waals surface area contributed by atoms with E-state index in [4.69, 9.17) is 10.8 Å². The molecule has 1 aliphatic rings. The summed E-state index contributed by atoms with van der Waals surface area (Å²) in [5.41, 5.74) is 11.0. The van der Waals surface area contributed by atoms with Gasteiger partial charge in [0.2, 0.25) is 11.8 Å². The number of benzene rings is 1. The van der Waals surface area contributed by atoms with Crippen molar-refractivity contribution in [2.75, 3.05) is 24.2 Å². The number of aryl methyl sites for hydroxylation is 1. The third kappa shape index (κ3) is 5.40. The van der Waals surface area contributed by atoms with Crippen LogP contribution in [-0.2, 0) is 9.59 Å². The van der Waals surface area contributed by atoms with Crippen LogP contribution in [0.3, 0.4) is 0 Å². The van der Waals surface area contributed by atoms with Gasteiger partial charge in [0, 0.05) is 53.8 Å². The molecule has 1 saturated carbocycles. The molecule has 3 aromatic rings. The molecular formula is C26H29N5O3. The molecule has 0 unspecified atom stereocenters. The number of nitrogen functional groups attached to an aromatic ring is 1. The van der Waals surface area contributed by atoms with Crippen molar-refractivity contribution in [1.82, 2.24) is 15.3 Å². The molecule has 1 aliphatic carbocycles. The molecule has 8 nitrogen and oxygen atoms in total. The molecule has 0 radical (unpaired) electrons. The number of aliphatic hydroxyl groups is 1. The lowest BCUT2D eigenvalue weighted by Crippen LogP contribution is -2.34. The molecule has 2 aromatic heterocycles. The Morgan fingerprint density at radius 1 is 1.21 bits per heavy atom. The van der Waals surface area contributed by atoms with E-state index in [0.29, 0.717) is 37.2 Å². The van der Waals surface area contributed by atoms with Gasteiger partial charge in [-0.2, -0.15) is 0 Å². The second kappa shape index (κ2) is 10.4. The van der Waals surface area contributed by atoms with Crippen LogP contribution in [-0.4, -0.2) is 40.0 Å². The molecule has 1 fully saturated rings. The van der Waals surface area contributed by atoms with Crippen molar-refractivity contribution in [2.45, 2.75) is 32.6 Å². The SMILES string of the molecule is Cc1ccncc1-c1cc(N)c2cnc(NC(=O)C=C3CCC(C(=O)NCCO)CC3)cc2c1. The summed E-state index contributed by atoms with van der Waals surface area (Å²) in [6, 6.07) is 7.71. The highest BCUT2D eigenvalue weighted by atomic mass is 16.3. The maximum Gasteiger partial charge on any atom is 0.249 e. The molecule has 1 aromatic carbocycles. The molecule has 8 heteroatoms. The number of allylic oxidation sites excluding steroid dienone is 1. The van der Waals surface area contributed by atoms with Gasteiger partial charge in [0.1, 0.15) is 5.82 Å². The Hall–Kier alpha value is -3.78. The van der Waals surface area contributed by atoms with E-state index >= 15 is 0 Å². The third-order valence-electron chi connectivity index (χ3n) is 6.22. The van der Waals surface area contributed by atoms with Crippen LogP contribution < -0.4 is 16.4 Å². The Morgan fingerprint density at radius 3 is 2.74 bits per heavy atom. The maximum atomic E-state index is 12.6. The summed E-state index contributed by atoms with van der Waals surface area (Å²) >= 11 is 0. The average Bonchev–Trinajstić information content (AvgIpc) is 2.83. The second-order valence-corrected chi connectivity index (χ2v) is 8.63. The summed E-state index contributed by atoms with van der Waals surface area (Å²) in [6.45, 7) is 2.23. The Bertz CT molecular complexity index is 1240. The smallest absolute Gasteiger partial charge is 0.249 e. The zero-order chi connectivity index (χ0) is 24.1. The van der Waals surface area contributed by atoms with Gasteiger partial charge in [-0.1, -0.05) is 5.57 Å². The predicted molar refractivity (Wildman–Crippen MR) is 133 cm³/mol. The molecule has 176 valence electrons. The lowest BCUT2D eigenvalue weighted by molar-refractivity contribution is -0.125. The van der Waals surface area contributed by atoms with Gasteiger partial charge in [-0.3, -0.25) is 14.6 Å². The number of nitrogens with one attached hydrogen (secondary N) is 2. The van der Waals surface area contributed by atoms with Gasteiger partial charge in [-0.05, 0) is 73.4 Å². The molecule has 0 spiro atoms. The molecule has 2 amide bonds. The van der Waals surface area contributed by atoms with Crippen molar-refractivity contribution < 1.29 is 14.7 Å². The van der Waals surface area contributed by atoms with Gasteiger partial charge >= 0.3 is 0 Å². The van der Waals surface area contributed by atoms with Crippen LogP contribution in [0.5, 0.6) is 0 Å². The molecule has 2 heterocycles. The first-order chi connectivity index (χ1) is 16.4. The third-order valence-corrected chi connectivity index (χ3v) is 6.22. The quantitative estimate of drug-likeness (QED) is 0.330. The molecule has 34 heavy (non-hydrogen) atoms. The van der Waals surface area contributed by atoms with E-state index in [0.717, 1.165) is 33.0 Å². The van der Waals surface area contributed by atoms with Gasteiger partial charge in [-0.25, -0.2) is 4.98 Å². The van der Waals surface area contributed by atoms with Gasteiger partial charge in [0.15, 0.2) is 0 Å². The maximum absolute atomic E-state index is 12.6. The number of nitrogens with zero attached hydrogens (tertiary/aromatic N) is 2. The van der Waals surface area contributed by atoms with Crippen LogP contribution in [0.1, 0.15) is 31.2 Å². The van der Waals surface area contributed by atoms with Crippen LogP contribution in [0.2, 0.25) is 0 Å². The highest BCUT2D eigenvalue weighted by Crippen LogP contribution is 2.32. The lowest BCUT2D eigenvalue weighted by Gasteiger charge is -2.23. The van der Waals surface area contributed by atoms with Crippen molar-refractivity contribution in [2.24, 2.45) is 5.92 Å². The molecule has 0 atom stereocenters. The highest BCUT2D eigenvalue weighted by Gasteiger charge is 2.23. The van der Waals surface area contributed by atoms with E-state index in [2.05, 4.69) is 20.6 Å². The first-order valence-corrected chi connectivity index (χ1v) is 11.4. The van der Waals surface area contributed by atoms with Gasteiger partial charge in [0.25, 0.3) is 0 Å². The number of amides is 2. The first kappa shape index (κ1) is 23.4. The molecule has 0 bridgehead atoms. The summed E-state index contributed by atoms with van der Waals surface area (Å²) in [6.07, 6.45) is 9.63. The van der Waals surface area contributed by atoms with Crippen LogP contribution in [0.15, 0.2) is 54.5 Å². The van der Waals surface area contributed by atoms with E-state index in [-0.39, 0.29) is 30.9 Å². The van der Waals surface area contributed by atoms with E-state index in [1.54, 1.807) is 18.5 Å². The number of pyridine rings is 2. The predicted octanol–water partition coefficient (Wildman–Crippen LogP) is 3.35. The Balaban J connectivity index is 1.45. The Labute approximate surface area is 198 Å². The van der Waals surface area contributed by atoms with Gasteiger partial charge in [0.05, 0.1) is 6.61 Å². The van der Waals surface area contributed by atoms with E-state index in [9.17, 15) is 9.59 Å². The zero-order valence-corrected chi connectivity index (χ0v) is 19.2. The number of rotatable bonds is 6. The molecule has 0 saturated heterocycles.